The summed E-state index contributed by atoms with van der Waals surface area (Å²) >= 11 is 0. The van der Waals surface area contributed by atoms with Crippen molar-refractivity contribution in [3.05, 3.63) is 42.3 Å². The van der Waals surface area contributed by atoms with Crippen LogP contribution in [0.3, 0.4) is 0 Å². The molecule has 1 radical (unpaired) electrons. The Morgan fingerprint density at radius 3 is 1.11 bits per heavy atom. The topological polar surface area (TPSA) is 202 Å². The number of rotatable bonds is 2. The molecule has 0 amide bonds. The van der Waals surface area contributed by atoms with Crippen LogP contribution in [0.15, 0.2) is 24.3 Å². The van der Waals surface area contributed by atoms with Crippen molar-refractivity contribution in [3.63, 3.8) is 0 Å². The van der Waals surface area contributed by atoms with Gasteiger partial charge in [0.1, 0.15) is 23.0 Å². The van der Waals surface area contributed by atoms with E-state index in [-0.39, 0.29) is 28.2 Å². The summed E-state index contributed by atoms with van der Waals surface area (Å²) < 4.78 is 0. The van der Waals surface area contributed by atoms with Gasteiger partial charge in [0.05, 0.1) is 11.1 Å². The van der Waals surface area contributed by atoms with Gasteiger partial charge in [-0.15, -0.1) is 0 Å². The van der Waals surface area contributed by atoms with E-state index < -0.39 is 46.4 Å². The first-order valence-electron chi connectivity index (χ1n) is 7.17. The standard InChI is InChI=1S/2C7H6O5.C3H7.Cu/c2*8-4-1-3(7(11)12)2-5(9)6(4)10;1-3-2;/h2*1-2,8-10H,(H,11,12);1,3H2,2H3;/q;;-1;+2/p-2. The van der Waals surface area contributed by atoms with Gasteiger partial charge in [-0.3, -0.25) is 0 Å². The van der Waals surface area contributed by atoms with Gasteiger partial charge in [-0.25, -0.2) is 9.59 Å². The van der Waals surface area contributed by atoms with Crippen LogP contribution in [0.5, 0.6) is 34.5 Å². The smallest absolute Gasteiger partial charge is 0.867 e. The number of carboxylic acid groups (broad SMARTS) is 2. The molecule has 0 aromatic heterocycles. The molecule has 2 aromatic carbocycles. The second-order valence-corrected chi connectivity index (χ2v) is 4.80. The van der Waals surface area contributed by atoms with E-state index in [1.807, 2.05) is 6.92 Å². The van der Waals surface area contributed by atoms with Gasteiger partial charge >= 0.3 is 29.0 Å². The fourth-order valence-corrected chi connectivity index (χ4v) is 1.44. The third-order valence-corrected chi connectivity index (χ3v) is 2.59. The van der Waals surface area contributed by atoms with E-state index >= 15 is 0 Å². The molecule has 0 unspecified atom stereocenters. The maximum Gasteiger partial charge on any atom is 2.00 e. The fraction of sp³-hybridized carbons (Fsp3) is 0.118. The van der Waals surface area contributed by atoms with Crippen molar-refractivity contribution < 1.29 is 67.5 Å². The van der Waals surface area contributed by atoms with Gasteiger partial charge < -0.3 is 47.8 Å². The fourth-order valence-electron chi connectivity index (χ4n) is 1.44. The molecule has 0 bridgehead atoms. The van der Waals surface area contributed by atoms with E-state index in [0.29, 0.717) is 0 Å². The number of aromatic carboxylic acids is 2. The van der Waals surface area contributed by atoms with E-state index in [0.717, 1.165) is 30.7 Å². The van der Waals surface area contributed by atoms with E-state index in [2.05, 4.69) is 6.92 Å². The number of hydrogen-bond donors (Lipinski definition) is 6. The zero-order chi connectivity index (χ0) is 21.3. The predicted molar refractivity (Wildman–Crippen MR) is 88.0 cm³/mol. The first-order valence-corrected chi connectivity index (χ1v) is 7.17. The summed E-state index contributed by atoms with van der Waals surface area (Å²) in [5.74, 6) is -7.67. The summed E-state index contributed by atoms with van der Waals surface area (Å²) in [6, 6.07) is 3.13. The minimum absolute atomic E-state index is 0. The Balaban J connectivity index is 0. The first-order chi connectivity index (χ1) is 12.5. The minimum atomic E-state index is -1.32. The molecule has 0 heterocycles. The molecule has 0 atom stereocenters. The number of benzene rings is 2. The maximum atomic E-state index is 10.7. The van der Waals surface area contributed by atoms with Gasteiger partial charge in [0.25, 0.3) is 0 Å². The van der Waals surface area contributed by atoms with Crippen molar-refractivity contribution in [3.8, 4) is 34.5 Å². The van der Waals surface area contributed by atoms with Gasteiger partial charge in [-0.05, 0) is 35.8 Å². The summed E-state index contributed by atoms with van der Waals surface area (Å²) in [7, 11) is 0. The van der Waals surface area contributed by atoms with E-state index in [4.69, 9.17) is 30.6 Å². The normalized spacial score (nSPS) is 8.93. The monoisotopic (exact) mass is 444 g/mol. The summed E-state index contributed by atoms with van der Waals surface area (Å²) in [5, 5.41) is 73.3. The predicted octanol–water partition coefficient (Wildman–Crippen LogP) is 0.967. The summed E-state index contributed by atoms with van der Waals surface area (Å²) in [5.41, 5.74) is -0.658. The van der Waals surface area contributed by atoms with Gasteiger partial charge in [0, 0.05) is 0 Å². The summed E-state index contributed by atoms with van der Waals surface area (Å²) in [6.07, 6.45) is 1.00. The van der Waals surface area contributed by atoms with Crippen molar-refractivity contribution in [2.75, 3.05) is 0 Å². The van der Waals surface area contributed by atoms with Gasteiger partial charge in [0.15, 0.2) is 0 Å². The quantitative estimate of drug-likeness (QED) is 0.286. The van der Waals surface area contributed by atoms with Gasteiger partial charge in [-0.1, -0.05) is 6.92 Å². The molecule has 6 N–H and O–H groups in total. The molecule has 0 aliphatic heterocycles. The molecule has 28 heavy (non-hydrogen) atoms. The molecule has 0 aliphatic carbocycles. The molecule has 0 saturated carbocycles. The summed E-state index contributed by atoms with van der Waals surface area (Å²) in [4.78, 5) is 20.6. The molecular weight excluding hydrogens is 428 g/mol. The van der Waals surface area contributed by atoms with Crippen LogP contribution in [-0.4, -0.2) is 42.6 Å². The Morgan fingerprint density at radius 2 is 0.964 bits per heavy atom. The van der Waals surface area contributed by atoms with E-state index in [1.165, 1.54) is 0 Å². The van der Waals surface area contributed by atoms with E-state index in [1.54, 1.807) is 0 Å². The zero-order valence-corrected chi connectivity index (χ0v) is 15.3. The molecule has 0 spiro atoms. The molecule has 10 nitrogen and oxygen atoms in total. The van der Waals surface area contributed by atoms with Crippen LogP contribution in [0, 0.1) is 6.92 Å². The van der Waals surface area contributed by atoms with Crippen molar-refractivity contribution in [2.24, 2.45) is 0 Å². The second-order valence-electron chi connectivity index (χ2n) is 4.80. The van der Waals surface area contributed by atoms with Crippen molar-refractivity contribution >= 4 is 11.9 Å². The molecule has 11 heteroatoms. The molecular formula is C17H17CuO10-. The Bertz CT molecular complexity index is 706. The average Bonchev–Trinajstić information content (AvgIpc) is 2.57. The van der Waals surface area contributed by atoms with Gasteiger partial charge in [-0.2, -0.15) is 6.42 Å². The van der Waals surface area contributed by atoms with Gasteiger partial charge in [0.2, 0.25) is 0 Å². The third kappa shape index (κ3) is 7.94. The number of carboxylic acids is 2. The van der Waals surface area contributed by atoms with Crippen LogP contribution in [-0.2, 0) is 17.1 Å². The van der Waals surface area contributed by atoms with Crippen molar-refractivity contribution in [1.82, 2.24) is 0 Å². The number of aromatic hydroxyl groups is 4. The average molecular weight is 445 g/mol. The van der Waals surface area contributed by atoms with E-state index in [9.17, 15) is 19.8 Å². The van der Waals surface area contributed by atoms with Crippen LogP contribution >= 0.6 is 0 Å². The van der Waals surface area contributed by atoms with Crippen LogP contribution in [0.2, 0.25) is 0 Å². The van der Waals surface area contributed by atoms with Crippen LogP contribution in [0.4, 0.5) is 0 Å². The first kappa shape index (κ1) is 26.9. The Kier molecular flexibility index (Phi) is 11.7. The molecule has 2 rings (SSSR count). The number of carbonyl (C=O) groups is 2. The number of phenolic OH excluding ortho intramolecular Hbond substituents is 4. The molecule has 2 aromatic rings. The number of hydrogen-bond acceptors (Lipinski definition) is 8. The maximum absolute atomic E-state index is 10.7. The Labute approximate surface area is 170 Å². The minimum Gasteiger partial charge on any atom is -0.867 e. The largest absolute Gasteiger partial charge is 2.00 e. The molecule has 0 fully saturated rings. The summed E-state index contributed by atoms with van der Waals surface area (Å²) in [6.45, 7) is 5.50. The SMILES string of the molecule is O=C(O)c1cc(O)c([O-])c(O)c1.O=C(O)c1cc(O)c([O-])c(O)c1.[CH2-]CC.[Cu+2]. The molecule has 0 aliphatic rings. The van der Waals surface area contributed by atoms with Crippen molar-refractivity contribution in [1.29, 1.82) is 0 Å². The molecule has 157 valence electrons. The second kappa shape index (κ2) is 12.2. The van der Waals surface area contributed by atoms with Crippen molar-refractivity contribution in [2.45, 2.75) is 13.3 Å². The third-order valence-electron chi connectivity index (χ3n) is 2.59. The zero-order valence-electron chi connectivity index (χ0n) is 14.3. The Morgan fingerprint density at radius 1 is 0.786 bits per heavy atom. The molecule has 0 saturated heterocycles. The Hall–Kier alpha value is -3.30. The number of phenols is 4. The van der Waals surface area contributed by atoms with Crippen LogP contribution in [0.1, 0.15) is 34.1 Å². The van der Waals surface area contributed by atoms with Crippen LogP contribution < -0.4 is 10.2 Å². The van der Waals surface area contributed by atoms with Crippen LogP contribution in [0.25, 0.3) is 0 Å².